The number of hydrogen-bond donors (Lipinski definition) is 1. The molecule has 0 aliphatic carbocycles. The van der Waals surface area contributed by atoms with Crippen LogP contribution >= 0.6 is 0 Å². The van der Waals surface area contributed by atoms with Crippen molar-refractivity contribution in [2.24, 2.45) is 0 Å². The van der Waals surface area contributed by atoms with Crippen molar-refractivity contribution >= 4 is 6.03 Å². The Bertz CT molecular complexity index is 786. The van der Waals surface area contributed by atoms with Crippen LogP contribution in [0.15, 0.2) is 18.3 Å². The third kappa shape index (κ3) is 3.30. The second-order valence-corrected chi connectivity index (χ2v) is 7.21. The van der Waals surface area contributed by atoms with E-state index in [1.54, 1.807) is 6.20 Å². The van der Waals surface area contributed by atoms with E-state index in [0.29, 0.717) is 6.54 Å². The van der Waals surface area contributed by atoms with Gasteiger partial charge in [-0.3, -0.25) is 4.98 Å². The van der Waals surface area contributed by atoms with Gasteiger partial charge in [0, 0.05) is 25.7 Å². The second-order valence-electron chi connectivity index (χ2n) is 7.21. The number of aryl methyl sites for hydroxylation is 2. The van der Waals surface area contributed by atoms with Gasteiger partial charge in [0.05, 0.1) is 18.3 Å². The first-order valence-electron chi connectivity index (χ1n) is 9.61. The minimum absolute atomic E-state index is 0.0212. The number of rotatable bonds is 3. The predicted molar refractivity (Wildman–Crippen MR) is 97.5 cm³/mol. The molecule has 4 heterocycles. The van der Waals surface area contributed by atoms with Crippen molar-refractivity contribution in [1.82, 2.24) is 30.0 Å². The van der Waals surface area contributed by atoms with Crippen LogP contribution in [0.1, 0.15) is 61.1 Å². The Hall–Kier alpha value is -2.44. The van der Waals surface area contributed by atoms with Gasteiger partial charge < -0.3 is 14.8 Å². The van der Waals surface area contributed by atoms with E-state index in [9.17, 15) is 4.79 Å². The first kappa shape index (κ1) is 17.0. The Morgan fingerprint density at radius 2 is 2.12 bits per heavy atom. The van der Waals surface area contributed by atoms with E-state index >= 15 is 0 Å². The molecule has 1 saturated heterocycles. The van der Waals surface area contributed by atoms with E-state index in [0.717, 1.165) is 68.1 Å². The maximum Gasteiger partial charge on any atom is 0.318 e. The molecule has 2 amide bonds. The Morgan fingerprint density at radius 1 is 1.23 bits per heavy atom. The molecule has 7 nitrogen and oxygen atoms in total. The summed E-state index contributed by atoms with van der Waals surface area (Å²) in [6, 6.07) is 3.91. The number of fused-ring (bicyclic) bond motifs is 1. The molecule has 26 heavy (non-hydrogen) atoms. The second kappa shape index (κ2) is 7.43. The number of piperidine rings is 1. The number of hydrogen-bond acceptors (Lipinski definition) is 4. The van der Waals surface area contributed by atoms with Crippen molar-refractivity contribution < 1.29 is 4.79 Å². The highest BCUT2D eigenvalue weighted by Gasteiger charge is 2.32. The highest BCUT2D eigenvalue weighted by molar-refractivity contribution is 5.74. The third-order valence-corrected chi connectivity index (χ3v) is 5.47. The molecule has 0 spiro atoms. The topological polar surface area (TPSA) is 75.9 Å². The SMILES string of the molecule is Cc1cccnc1CNC(=O)N1CCCCC1c1nnc2n1CCCC2. The van der Waals surface area contributed by atoms with Crippen LogP contribution in [0.5, 0.6) is 0 Å². The first-order chi connectivity index (χ1) is 12.7. The third-order valence-electron chi connectivity index (χ3n) is 5.47. The van der Waals surface area contributed by atoms with Gasteiger partial charge in [-0.05, 0) is 50.7 Å². The zero-order chi connectivity index (χ0) is 17.9. The van der Waals surface area contributed by atoms with Gasteiger partial charge in [-0.15, -0.1) is 10.2 Å². The van der Waals surface area contributed by atoms with Crippen LogP contribution in [0.25, 0.3) is 0 Å². The quantitative estimate of drug-likeness (QED) is 0.919. The smallest absolute Gasteiger partial charge is 0.318 e. The normalized spacial score (nSPS) is 19.9. The first-order valence-corrected chi connectivity index (χ1v) is 9.61. The van der Waals surface area contributed by atoms with E-state index in [4.69, 9.17) is 0 Å². The zero-order valence-corrected chi connectivity index (χ0v) is 15.3. The van der Waals surface area contributed by atoms with Crippen LogP contribution in [-0.4, -0.2) is 37.2 Å². The molecule has 0 saturated carbocycles. The number of carbonyl (C=O) groups excluding carboxylic acids is 1. The fourth-order valence-electron chi connectivity index (χ4n) is 3.98. The maximum atomic E-state index is 12.9. The fourth-order valence-corrected chi connectivity index (χ4v) is 3.98. The number of urea groups is 1. The van der Waals surface area contributed by atoms with E-state index in [1.807, 2.05) is 24.0 Å². The highest BCUT2D eigenvalue weighted by Crippen LogP contribution is 2.31. The number of aromatic nitrogens is 4. The lowest BCUT2D eigenvalue weighted by molar-refractivity contribution is 0.144. The number of carbonyl (C=O) groups is 1. The molecule has 0 aromatic carbocycles. The number of amides is 2. The Morgan fingerprint density at radius 3 is 3.00 bits per heavy atom. The van der Waals surface area contributed by atoms with Crippen LogP contribution in [0.3, 0.4) is 0 Å². The van der Waals surface area contributed by atoms with Crippen LogP contribution in [0, 0.1) is 6.92 Å². The lowest BCUT2D eigenvalue weighted by atomic mass is 10.0. The summed E-state index contributed by atoms with van der Waals surface area (Å²) < 4.78 is 2.24. The predicted octanol–water partition coefficient (Wildman–Crippen LogP) is 2.75. The van der Waals surface area contributed by atoms with Gasteiger partial charge in [0.2, 0.25) is 0 Å². The van der Waals surface area contributed by atoms with Gasteiger partial charge >= 0.3 is 6.03 Å². The standard InChI is InChI=1S/C19H26N6O/c1-14-7-6-10-20-15(14)13-21-19(26)24-11-4-2-8-16(24)18-23-22-17-9-3-5-12-25(17)18/h6-7,10,16H,2-5,8-9,11-13H2,1H3,(H,21,26). The van der Waals surface area contributed by atoms with Crippen molar-refractivity contribution in [3.63, 3.8) is 0 Å². The lowest BCUT2D eigenvalue weighted by Gasteiger charge is -2.35. The van der Waals surface area contributed by atoms with Crippen LogP contribution in [-0.2, 0) is 19.5 Å². The fraction of sp³-hybridized carbons (Fsp3) is 0.579. The van der Waals surface area contributed by atoms with E-state index < -0.39 is 0 Å². The van der Waals surface area contributed by atoms with Crippen molar-refractivity contribution in [1.29, 1.82) is 0 Å². The van der Waals surface area contributed by atoms with Crippen molar-refractivity contribution in [3.05, 3.63) is 41.2 Å². The molecule has 2 aliphatic rings. The number of nitrogens with one attached hydrogen (secondary N) is 1. The molecule has 1 unspecified atom stereocenters. The molecule has 7 heteroatoms. The van der Waals surface area contributed by atoms with Gasteiger partial charge in [0.25, 0.3) is 0 Å². The number of likely N-dealkylation sites (tertiary alicyclic amines) is 1. The Kier molecular flexibility index (Phi) is 4.86. The molecule has 4 rings (SSSR count). The molecule has 2 aliphatic heterocycles. The van der Waals surface area contributed by atoms with Gasteiger partial charge in [-0.2, -0.15) is 0 Å². The average molecular weight is 354 g/mol. The molecule has 2 aromatic rings. The summed E-state index contributed by atoms with van der Waals surface area (Å²) in [5.74, 6) is 2.03. The molecule has 0 radical (unpaired) electrons. The monoisotopic (exact) mass is 354 g/mol. The zero-order valence-electron chi connectivity index (χ0n) is 15.3. The van der Waals surface area contributed by atoms with E-state index in [-0.39, 0.29) is 12.1 Å². The summed E-state index contributed by atoms with van der Waals surface area (Å²) >= 11 is 0. The largest absolute Gasteiger partial charge is 0.332 e. The van der Waals surface area contributed by atoms with Gasteiger partial charge in [0.1, 0.15) is 5.82 Å². The molecule has 2 aromatic heterocycles. The molecule has 138 valence electrons. The summed E-state index contributed by atoms with van der Waals surface area (Å²) in [6.07, 6.45) is 8.20. The summed E-state index contributed by atoms with van der Waals surface area (Å²) in [5.41, 5.74) is 2.00. The van der Waals surface area contributed by atoms with E-state index in [2.05, 4.69) is 25.1 Å². The van der Waals surface area contributed by atoms with Gasteiger partial charge in [0.15, 0.2) is 5.82 Å². The van der Waals surface area contributed by atoms with Gasteiger partial charge in [-0.25, -0.2) is 4.79 Å². The minimum atomic E-state index is -0.0343. The Labute approximate surface area is 153 Å². The number of nitrogens with zero attached hydrogens (tertiary/aromatic N) is 5. The highest BCUT2D eigenvalue weighted by atomic mass is 16.2. The van der Waals surface area contributed by atoms with Crippen molar-refractivity contribution in [2.45, 2.75) is 64.6 Å². The minimum Gasteiger partial charge on any atom is -0.332 e. The van der Waals surface area contributed by atoms with Crippen LogP contribution in [0.4, 0.5) is 4.79 Å². The lowest BCUT2D eigenvalue weighted by Crippen LogP contribution is -2.45. The number of pyridine rings is 1. The summed E-state index contributed by atoms with van der Waals surface area (Å²) in [4.78, 5) is 19.2. The molecular formula is C19H26N6O. The summed E-state index contributed by atoms with van der Waals surface area (Å²) in [7, 11) is 0. The molecule has 1 fully saturated rings. The van der Waals surface area contributed by atoms with E-state index in [1.165, 1.54) is 6.42 Å². The van der Waals surface area contributed by atoms with Crippen molar-refractivity contribution in [3.8, 4) is 0 Å². The summed E-state index contributed by atoms with van der Waals surface area (Å²) in [5, 5.41) is 11.9. The molecule has 0 bridgehead atoms. The maximum absolute atomic E-state index is 12.9. The molecular weight excluding hydrogens is 328 g/mol. The Balaban J connectivity index is 1.49. The van der Waals surface area contributed by atoms with Crippen molar-refractivity contribution in [2.75, 3.05) is 6.54 Å². The van der Waals surface area contributed by atoms with Crippen LogP contribution < -0.4 is 5.32 Å². The van der Waals surface area contributed by atoms with Crippen LogP contribution in [0.2, 0.25) is 0 Å². The average Bonchev–Trinajstić information content (AvgIpc) is 3.11. The molecule has 1 N–H and O–H groups in total. The van der Waals surface area contributed by atoms with Gasteiger partial charge in [-0.1, -0.05) is 6.07 Å². The summed E-state index contributed by atoms with van der Waals surface area (Å²) in [6.45, 7) is 4.20. The molecule has 1 atom stereocenters.